The zero-order chi connectivity index (χ0) is 13.0. The van der Waals surface area contributed by atoms with Gasteiger partial charge >= 0.3 is 0 Å². The Hall–Kier alpha value is -1.90. The molecule has 1 unspecified atom stereocenters. The van der Waals surface area contributed by atoms with E-state index in [1.54, 1.807) is 0 Å². The molecule has 2 amide bonds. The Labute approximate surface area is 107 Å². The molecule has 0 saturated carbocycles. The Morgan fingerprint density at radius 1 is 1.17 bits per heavy atom. The lowest BCUT2D eigenvalue weighted by molar-refractivity contribution is -0.138. The summed E-state index contributed by atoms with van der Waals surface area (Å²) < 4.78 is 0. The molecule has 18 heavy (non-hydrogen) atoms. The van der Waals surface area contributed by atoms with E-state index in [-0.39, 0.29) is 17.7 Å². The lowest BCUT2D eigenvalue weighted by Crippen LogP contribution is -2.30. The van der Waals surface area contributed by atoms with Gasteiger partial charge in [-0.1, -0.05) is 36.4 Å². The van der Waals surface area contributed by atoms with Crippen LogP contribution in [0, 0.1) is 0 Å². The molecule has 1 aliphatic rings. The summed E-state index contributed by atoms with van der Waals surface area (Å²) in [6.07, 6.45) is 3.34. The van der Waals surface area contributed by atoms with Crippen LogP contribution in [0.15, 0.2) is 43.0 Å². The lowest BCUT2D eigenvalue weighted by Gasteiger charge is -2.18. The molecule has 1 saturated heterocycles. The van der Waals surface area contributed by atoms with Crippen molar-refractivity contribution >= 4 is 11.8 Å². The van der Waals surface area contributed by atoms with Crippen molar-refractivity contribution in [3.63, 3.8) is 0 Å². The molecule has 0 aliphatic carbocycles. The first kappa shape index (κ1) is 12.6. The predicted molar refractivity (Wildman–Crippen MR) is 70.0 cm³/mol. The third-order valence-electron chi connectivity index (χ3n) is 3.33. The Balaban J connectivity index is 1.98. The molecule has 1 heterocycles. The molecular formula is C15H17NO2. The minimum Gasteiger partial charge on any atom is -0.283 e. The highest BCUT2D eigenvalue weighted by Crippen LogP contribution is 2.22. The van der Waals surface area contributed by atoms with Gasteiger partial charge in [-0.3, -0.25) is 14.5 Å². The third-order valence-corrected chi connectivity index (χ3v) is 3.33. The number of imide groups is 1. The zero-order valence-electron chi connectivity index (χ0n) is 10.3. The van der Waals surface area contributed by atoms with Crippen LogP contribution in [0.1, 0.15) is 30.7 Å². The summed E-state index contributed by atoms with van der Waals surface area (Å²) in [4.78, 5) is 24.4. The van der Waals surface area contributed by atoms with E-state index in [4.69, 9.17) is 0 Å². The van der Waals surface area contributed by atoms with Gasteiger partial charge in [0.1, 0.15) is 0 Å². The van der Waals surface area contributed by atoms with Gasteiger partial charge in [0.15, 0.2) is 0 Å². The zero-order valence-corrected chi connectivity index (χ0v) is 10.3. The summed E-state index contributed by atoms with van der Waals surface area (Å²) in [6, 6.07) is 10.0. The largest absolute Gasteiger partial charge is 0.283 e. The molecule has 3 nitrogen and oxygen atoms in total. The average molecular weight is 243 g/mol. The third kappa shape index (κ3) is 2.67. The molecule has 0 N–H and O–H groups in total. The summed E-state index contributed by atoms with van der Waals surface area (Å²) in [7, 11) is 0. The van der Waals surface area contributed by atoms with Gasteiger partial charge in [0.05, 0.1) is 0 Å². The fourth-order valence-corrected chi connectivity index (χ4v) is 2.26. The van der Waals surface area contributed by atoms with Crippen LogP contribution in [-0.2, 0) is 9.59 Å². The molecule has 1 fully saturated rings. The van der Waals surface area contributed by atoms with Gasteiger partial charge in [-0.25, -0.2) is 0 Å². The molecule has 3 heteroatoms. The first-order chi connectivity index (χ1) is 8.72. The van der Waals surface area contributed by atoms with Crippen molar-refractivity contribution in [2.75, 3.05) is 6.54 Å². The van der Waals surface area contributed by atoms with E-state index >= 15 is 0 Å². The summed E-state index contributed by atoms with van der Waals surface area (Å²) in [6.45, 7) is 4.32. The minimum absolute atomic E-state index is 0.0455. The Morgan fingerprint density at radius 2 is 1.78 bits per heavy atom. The van der Waals surface area contributed by atoms with Gasteiger partial charge in [0, 0.05) is 25.3 Å². The van der Waals surface area contributed by atoms with Crippen molar-refractivity contribution < 1.29 is 9.59 Å². The second kappa shape index (κ2) is 5.63. The molecule has 0 bridgehead atoms. The molecule has 0 spiro atoms. The van der Waals surface area contributed by atoms with Gasteiger partial charge in [-0.05, 0) is 12.0 Å². The fraction of sp³-hybridized carbons (Fsp3) is 0.333. The highest BCUT2D eigenvalue weighted by molar-refractivity contribution is 6.01. The lowest BCUT2D eigenvalue weighted by atomic mass is 9.96. The number of carbonyl (C=O) groups is 2. The van der Waals surface area contributed by atoms with E-state index < -0.39 is 0 Å². The SMILES string of the molecule is C=CC(CCN1C(=O)CCC1=O)c1ccccc1. The standard InChI is InChI=1S/C15H17NO2/c1-2-12(13-6-4-3-5-7-13)10-11-16-14(17)8-9-15(16)18/h2-7,12H,1,8-11H2. The quantitative estimate of drug-likeness (QED) is 0.588. The van der Waals surface area contributed by atoms with Gasteiger partial charge in [0.25, 0.3) is 0 Å². The number of nitrogens with zero attached hydrogens (tertiary/aromatic N) is 1. The van der Waals surface area contributed by atoms with Crippen molar-refractivity contribution in [3.05, 3.63) is 48.6 Å². The number of hydrogen-bond donors (Lipinski definition) is 0. The van der Waals surface area contributed by atoms with E-state index in [1.807, 2.05) is 36.4 Å². The Kier molecular flexibility index (Phi) is 3.92. The highest BCUT2D eigenvalue weighted by Gasteiger charge is 2.28. The summed E-state index contributed by atoms with van der Waals surface area (Å²) in [5.74, 6) is 0.0964. The van der Waals surface area contributed by atoms with Crippen LogP contribution >= 0.6 is 0 Å². The molecule has 1 aromatic carbocycles. The van der Waals surface area contributed by atoms with Crippen LogP contribution < -0.4 is 0 Å². The molecule has 2 rings (SSSR count). The topological polar surface area (TPSA) is 37.4 Å². The molecule has 1 aromatic rings. The minimum atomic E-state index is -0.0455. The monoisotopic (exact) mass is 243 g/mol. The summed E-state index contributed by atoms with van der Waals surface area (Å²) in [5, 5.41) is 0. The van der Waals surface area contributed by atoms with Crippen LogP contribution in [0.5, 0.6) is 0 Å². The number of hydrogen-bond acceptors (Lipinski definition) is 2. The van der Waals surface area contributed by atoms with E-state index in [0.29, 0.717) is 19.4 Å². The molecule has 0 aromatic heterocycles. The summed E-state index contributed by atoms with van der Waals surface area (Å²) in [5.41, 5.74) is 1.17. The second-order valence-corrected chi connectivity index (χ2v) is 4.48. The van der Waals surface area contributed by atoms with Crippen molar-refractivity contribution in [3.8, 4) is 0 Å². The van der Waals surface area contributed by atoms with Gasteiger partial charge < -0.3 is 0 Å². The van der Waals surface area contributed by atoms with Gasteiger partial charge in [-0.15, -0.1) is 6.58 Å². The normalized spacial score (nSPS) is 17.0. The predicted octanol–water partition coefficient (Wildman–Crippen LogP) is 2.50. The van der Waals surface area contributed by atoms with E-state index in [0.717, 1.165) is 6.42 Å². The van der Waals surface area contributed by atoms with Crippen molar-refractivity contribution in [1.29, 1.82) is 0 Å². The van der Waals surface area contributed by atoms with Gasteiger partial charge in [-0.2, -0.15) is 0 Å². The number of carbonyl (C=O) groups excluding carboxylic acids is 2. The van der Waals surface area contributed by atoms with Crippen LogP contribution in [-0.4, -0.2) is 23.3 Å². The number of rotatable bonds is 5. The Bertz CT molecular complexity index is 437. The van der Waals surface area contributed by atoms with Crippen LogP contribution in [0.2, 0.25) is 0 Å². The van der Waals surface area contributed by atoms with Gasteiger partial charge in [0.2, 0.25) is 11.8 Å². The first-order valence-electron chi connectivity index (χ1n) is 6.23. The number of benzene rings is 1. The summed E-state index contributed by atoms with van der Waals surface area (Å²) >= 11 is 0. The maximum absolute atomic E-state index is 11.5. The highest BCUT2D eigenvalue weighted by atomic mass is 16.2. The van der Waals surface area contributed by atoms with E-state index in [9.17, 15) is 9.59 Å². The smallest absolute Gasteiger partial charge is 0.229 e. The van der Waals surface area contributed by atoms with Crippen molar-refractivity contribution in [1.82, 2.24) is 4.90 Å². The molecule has 1 atom stereocenters. The fourth-order valence-electron chi connectivity index (χ4n) is 2.26. The molecule has 1 aliphatic heterocycles. The number of amides is 2. The van der Waals surface area contributed by atoms with E-state index in [2.05, 4.69) is 6.58 Å². The van der Waals surface area contributed by atoms with E-state index in [1.165, 1.54) is 10.5 Å². The Morgan fingerprint density at radius 3 is 2.33 bits per heavy atom. The molecule has 94 valence electrons. The number of allylic oxidation sites excluding steroid dienone is 1. The van der Waals surface area contributed by atoms with Crippen LogP contribution in [0.3, 0.4) is 0 Å². The number of likely N-dealkylation sites (tertiary alicyclic amines) is 1. The van der Waals surface area contributed by atoms with Crippen LogP contribution in [0.4, 0.5) is 0 Å². The first-order valence-corrected chi connectivity index (χ1v) is 6.23. The molecular weight excluding hydrogens is 226 g/mol. The molecule has 0 radical (unpaired) electrons. The van der Waals surface area contributed by atoms with Crippen molar-refractivity contribution in [2.24, 2.45) is 0 Å². The maximum Gasteiger partial charge on any atom is 0.229 e. The average Bonchev–Trinajstić information content (AvgIpc) is 2.72. The maximum atomic E-state index is 11.5. The van der Waals surface area contributed by atoms with Crippen LogP contribution in [0.25, 0.3) is 0 Å². The second-order valence-electron chi connectivity index (χ2n) is 4.48. The van der Waals surface area contributed by atoms with Crippen molar-refractivity contribution in [2.45, 2.75) is 25.2 Å².